The van der Waals surface area contributed by atoms with Crippen LogP contribution in [0.2, 0.25) is 0 Å². The molecule has 0 aliphatic carbocycles. The minimum atomic E-state index is 0.130. The van der Waals surface area contributed by atoms with E-state index in [0.717, 1.165) is 18.5 Å². The van der Waals surface area contributed by atoms with Crippen molar-refractivity contribution in [3.63, 3.8) is 0 Å². The molecule has 2 aromatic rings. The Morgan fingerprint density at radius 1 is 1.22 bits per heavy atom. The van der Waals surface area contributed by atoms with Gasteiger partial charge in [0.2, 0.25) is 0 Å². The summed E-state index contributed by atoms with van der Waals surface area (Å²) >= 11 is 0. The SMILES string of the molecule is CCCc1ccc2occ(CNC(C)(C)C)c2c1. The van der Waals surface area contributed by atoms with Gasteiger partial charge in [0, 0.05) is 23.0 Å². The molecule has 1 aromatic heterocycles. The van der Waals surface area contributed by atoms with E-state index in [2.05, 4.69) is 51.2 Å². The first-order valence-corrected chi connectivity index (χ1v) is 6.73. The molecule has 0 atom stereocenters. The van der Waals surface area contributed by atoms with Crippen LogP contribution in [0.4, 0.5) is 0 Å². The minimum Gasteiger partial charge on any atom is -0.464 e. The second-order valence-corrected chi connectivity index (χ2v) is 5.95. The Morgan fingerprint density at radius 2 is 2.00 bits per heavy atom. The highest BCUT2D eigenvalue weighted by atomic mass is 16.3. The molecule has 2 heteroatoms. The first-order valence-electron chi connectivity index (χ1n) is 6.73. The normalized spacial score (nSPS) is 12.2. The third-order valence-corrected chi connectivity index (χ3v) is 3.07. The van der Waals surface area contributed by atoms with Crippen LogP contribution in [0.5, 0.6) is 0 Å². The molecule has 2 nitrogen and oxygen atoms in total. The summed E-state index contributed by atoms with van der Waals surface area (Å²) in [5.74, 6) is 0. The Hall–Kier alpha value is -1.28. The van der Waals surface area contributed by atoms with E-state index < -0.39 is 0 Å². The van der Waals surface area contributed by atoms with Gasteiger partial charge in [0.25, 0.3) is 0 Å². The molecule has 1 aromatic carbocycles. The molecule has 0 aliphatic rings. The number of hydrogen-bond donors (Lipinski definition) is 1. The number of hydrogen-bond acceptors (Lipinski definition) is 2. The summed E-state index contributed by atoms with van der Waals surface area (Å²) in [6.45, 7) is 9.60. The van der Waals surface area contributed by atoms with Gasteiger partial charge >= 0.3 is 0 Å². The van der Waals surface area contributed by atoms with Gasteiger partial charge in [0.05, 0.1) is 6.26 Å². The fraction of sp³-hybridized carbons (Fsp3) is 0.500. The quantitative estimate of drug-likeness (QED) is 0.870. The molecular formula is C16H23NO. The van der Waals surface area contributed by atoms with Crippen molar-refractivity contribution < 1.29 is 4.42 Å². The van der Waals surface area contributed by atoms with E-state index >= 15 is 0 Å². The Balaban J connectivity index is 2.25. The lowest BCUT2D eigenvalue weighted by Gasteiger charge is -2.20. The molecule has 0 spiro atoms. The zero-order valence-electron chi connectivity index (χ0n) is 11.8. The molecule has 0 fully saturated rings. The molecule has 0 unspecified atom stereocenters. The molecule has 0 amide bonds. The first-order chi connectivity index (χ1) is 8.49. The second-order valence-electron chi connectivity index (χ2n) is 5.95. The highest BCUT2D eigenvalue weighted by molar-refractivity contribution is 5.81. The summed E-state index contributed by atoms with van der Waals surface area (Å²) < 4.78 is 5.61. The highest BCUT2D eigenvalue weighted by Crippen LogP contribution is 2.23. The lowest BCUT2D eigenvalue weighted by atomic mass is 10.0. The Kier molecular flexibility index (Phi) is 3.76. The van der Waals surface area contributed by atoms with E-state index in [-0.39, 0.29) is 5.54 Å². The van der Waals surface area contributed by atoms with Crippen LogP contribution in [0, 0.1) is 0 Å². The van der Waals surface area contributed by atoms with E-state index in [1.807, 2.05) is 6.26 Å². The van der Waals surface area contributed by atoms with Crippen LogP contribution in [0.3, 0.4) is 0 Å². The summed E-state index contributed by atoms with van der Waals surface area (Å²) in [5.41, 5.74) is 3.76. The third kappa shape index (κ3) is 3.14. The second kappa shape index (κ2) is 5.15. The minimum absolute atomic E-state index is 0.130. The van der Waals surface area contributed by atoms with Crippen molar-refractivity contribution in [1.29, 1.82) is 0 Å². The van der Waals surface area contributed by atoms with Crippen molar-refractivity contribution in [3.05, 3.63) is 35.6 Å². The van der Waals surface area contributed by atoms with E-state index in [1.54, 1.807) is 0 Å². The average Bonchev–Trinajstić information content (AvgIpc) is 2.68. The number of rotatable bonds is 4. The van der Waals surface area contributed by atoms with E-state index in [9.17, 15) is 0 Å². The predicted molar refractivity (Wildman–Crippen MR) is 76.8 cm³/mol. The number of furan rings is 1. The number of benzene rings is 1. The number of fused-ring (bicyclic) bond motifs is 1. The van der Waals surface area contributed by atoms with Crippen LogP contribution in [-0.2, 0) is 13.0 Å². The summed E-state index contributed by atoms with van der Waals surface area (Å²) in [7, 11) is 0. The van der Waals surface area contributed by atoms with Crippen molar-refractivity contribution in [1.82, 2.24) is 5.32 Å². The molecule has 18 heavy (non-hydrogen) atoms. The van der Waals surface area contributed by atoms with Crippen LogP contribution in [-0.4, -0.2) is 5.54 Å². The van der Waals surface area contributed by atoms with Crippen molar-refractivity contribution >= 4 is 11.0 Å². The van der Waals surface area contributed by atoms with E-state index in [0.29, 0.717) is 0 Å². The maximum Gasteiger partial charge on any atom is 0.134 e. The largest absolute Gasteiger partial charge is 0.464 e. The zero-order chi connectivity index (χ0) is 13.2. The number of aryl methyl sites for hydroxylation is 1. The summed E-state index contributed by atoms with van der Waals surface area (Å²) in [4.78, 5) is 0. The Bertz CT molecular complexity index is 519. The highest BCUT2D eigenvalue weighted by Gasteiger charge is 2.11. The molecule has 2 rings (SSSR count). The zero-order valence-corrected chi connectivity index (χ0v) is 11.8. The van der Waals surface area contributed by atoms with Gasteiger partial charge in [-0.25, -0.2) is 0 Å². The molecule has 1 heterocycles. The van der Waals surface area contributed by atoms with Crippen molar-refractivity contribution in [3.8, 4) is 0 Å². The van der Waals surface area contributed by atoms with Crippen molar-refractivity contribution in [2.75, 3.05) is 0 Å². The lowest BCUT2D eigenvalue weighted by Crippen LogP contribution is -2.34. The lowest BCUT2D eigenvalue weighted by molar-refractivity contribution is 0.423. The van der Waals surface area contributed by atoms with Gasteiger partial charge in [-0.05, 0) is 44.9 Å². The monoisotopic (exact) mass is 245 g/mol. The van der Waals surface area contributed by atoms with Gasteiger partial charge in [-0.2, -0.15) is 0 Å². The van der Waals surface area contributed by atoms with Crippen LogP contribution in [0.15, 0.2) is 28.9 Å². The molecule has 0 aliphatic heterocycles. The van der Waals surface area contributed by atoms with Crippen LogP contribution in [0.25, 0.3) is 11.0 Å². The first kappa shape index (κ1) is 13.2. The van der Waals surface area contributed by atoms with Crippen molar-refractivity contribution in [2.24, 2.45) is 0 Å². The molecule has 0 saturated carbocycles. The van der Waals surface area contributed by atoms with Crippen LogP contribution >= 0.6 is 0 Å². The van der Waals surface area contributed by atoms with Crippen LogP contribution < -0.4 is 5.32 Å². The summed E-state index contributed by atoms with van der Waals surface area (Å²) in [5, 5.41) is 4.76. The molecule has 98 valence electrons. The van der Waals surface area contributed by atoms with E-state index in [1.165, 1.54) is 22.9 Å². The molecule has 0 radical (unpaired) electrons. The Morgan fingerprint density at radius 3 is 2.67 bits per heavy atom. The summed E-state index contributed by atoms with van der Waals surface area (Å²) in [6, 6.07) is 6.51. The third-order valence-electron chi connectivity index (χ3n) is 3.07. The molecule has 0 saturated heterocycles. The van der Waals surface area contributed by atoms with Gasteiger partial charge in [0.1, 0.15) is 5.58 Å². The Labute approximate surface area is 109 Å². The standard InChI is InChI=1S/C16H23NO/c1-5-6-12-7-8-15-14(9-12)13(11-18-15)10-17-16(2,3)4/h7-9,11,17H,5-6,10H2,1-4H3. The predicted octanol–water partition coefficient (Wildman–Crippen LogP) is 4.27. The van der Waals surface area contributed by atoms with E-state index in [4.69, 9.17) is 4.42 Å². The summed E-state index contributed by atoms with van der Waals surface area (Å²) in [6.07, 6.45) is 4.19. The fourth-order valence-electron chi connectivity index (χ4n) is 2.07. The van der Waals surface area contributed by atoms with Gasteiger partial charge in [-0.3, -0.25) is 0 Å². The number of nitrogens with one attached hydrogen (secondary N) is 1. The molecule has 0 bridgehead atoms. The smallest absolute Gasteiger partial charge is 0.134 e. The average molecular weight is 245 g/mol. The fourth-order valence-corrected chi connectivity index (χ4v) is 2.07. The maximum atomic E-state index is 5.61. The topological polar surface area (TPSA) is 25.2 Å². The molecule has 1 N–H and O–H groups in total. The van der Waals surface area contributed by atoms with Gasteiger partial charge in [-0.1, -0.05) is 19.4 Å². The van der Waals surface area contributed by atoms with Gasteiger partial charge in [-0.15, -0.1) is 0 Å². The van der Waals surface area contributed by atoms with Crippen LogP contribution in [0.1, 0.15) is 45.2 Å². The maximum absolute atomic E-state index is 5.61. The molecular weight excluding hydrogens is 222 g/mol. The van der Waals surface area contributed by atoms with Crippen molar-refractivity contribution in [2.45, 2.75) is 52.6 Å². The van der Waals surface area contributed by atoms with Gasteiger partial charge in [0.15, 0.2) is 0 Å². The van der Waals surface area contributed by atoms with Gasteiger partial charge < -0.3 is 9.73 Å².